The van der Waals surface area contributed by atoms with Crippen molar-refractivity contribution in [3.05, 3.63) is 95.2 Å². The van der Waals surface area contributed by atoms with Crippen LogP contribution >= 0.6 is 66.8 Å². The highest BCUT2D eigenvalue weighted by molar-refractivity contribution is 9.11. The quantitative estimate of drug-likeness (QED) is 0.183. The molecular weight excluding hydrogens is 679 g/mol. The number of amides is 1. The van der Waals surface area contributed by atoms with Gasteiger partial charge < -0.3 is 9.47 Å². The molecule has 0 radical (unpaired) electrons. The molecule has 0 aliphatic carbocycles. The third-order valence-electron chi connectivity index (χ3n) is 5.29. The lowest BCUT2D eigenvalue weighted by atomic mass is 10.2. The minimum absolute atomic E-state index is 0.163. The van der Waals surface area contributed by atoms with Crippen LogP contribution in [0, 0.1) is 0 Å². The molecule has 196 valence electrons. The van der Waals surface area contributed by atoms with Gasteiger partial charge in [-0.3, -0.25) is 9.69 Å². The molecule has 1 aliphatic heterocycles. The number of aliphatic imine (C=N–C) groups is 1. The molecule has 0 spiro atoms. The van der Waals surface area contributed by atoms with Crippen molar-refractivity contribution in [3.8, 4) is 5.75 Å². The molecular formula is C27H20Br2Cl2N2O4S. The Balaban J connectivity index is 1.49. The second kappa shape index (κ2) is 12.7. The first kappa shape index (κ1) is 28.7. The Bertz CT molecular complexity index is 1440. The number of hydrogen-bond donors (Lipinski definition) is 0. The zero-order valence-corrected chi connectivity index (χ0v) is 25.6. The van der Waals surface area contributed by atoms with Gasteiger partial charge in [0, 0.05) is 7.05 Å². The SMILES string of the molecule is CCOC(=O)c1ccc(N=C2S/C(=C\c3cc(Br)c(OCc4ccc(Cl)c(Cl)c4)c(Br)c3)C(=O)N2C)cc1. The molecule has 1 heterocycles. The highest BCUT2D eigenvalue weighted by Gasteiger charge is 2.30. The molecule has 4 rings (SSSR count). The number of amidine groups is 1. The van der Waals surface area contributed by atoms with Gasteiger partial charge in [0.15, 0.2) is 5.17 Å². The summed E-state index contributed by atoms with van der Waals surface area (Å²) in [6, 6.07) is 15.8. The van der Waals surface area contributed by atoms with Crippen molar-refractivity contribution in [2.75, 3.05) is 13.7 Å². The summed E-state index contributed by atoms with van der Waals surface area (Å²) < 4.78 is 12.4. The largest absolute Gasteiger partial charge is 0.487 e. The summed E-state index contributed by atoms with van der Waals surface area (Å²) in [6.45, 7) is 2.37. The predicted octanol–water partition coefficient (Wildman–Crippen LogP) is 8.51. The Hall–Kier alpha value is -2.30. The van der Waals surface area contributed by atoms with Crippen molar-refractivity contribution >= 4 is 95.6 Å². The number of halogens is 4. The zero-order chi connectivity index (χ0) is 27.4. The number of benzene rings is 3. The molecule has 11 heteroatoms. The zero-order valence-electron chi connectivity index (χ0n) is 20.1. The molecule has 0 atom stereocenters. The maximum atomic E-state index is 12.9. The van der Waals surface area contributed by atoms with Gasteiger partial charge in [-0.05, 0) is 116 Å². The van der Waals surface area contributed by atoms with Gasteiger partial charge in [-0.1, -0.05) is 29.3 Å². The van der Waals surface area contributed by atoms with Gasteiger partial charge in [0.1, 0.15) is 12.4 Å². The van der Waals surface area contributed by atoms with Crippen LogP contribution in [0.1, 0.15) is 28.4 Å². The number of carbonyl (C=O) groups excluding carboxylic acids is 2. The Labute approximate surface area is 251 Å². The molecule has 3 aromatic carbocycles. The van der Waals surface area contributed by atoms with Crippen molar-refractivity contribution < 1.29 is 19.1 Å². The molecule has 0 N–H and O–H groups in total. The van der Waals surface area contributed by atoms with Gasteiger partial charge in [0.05, 0.1) is 41.8 Å². The lowest BCUT2D eigenvalue weighted by Gasteiger charge is -2.12. The molecule has 0 unspecified atom stereocenters. The Morgan fingerprint density at radius 2 is 1.74 bits per heavy atom. The minimum atomic E-state index is -0.387. The molecule has 38 heavy (non-hydrogen) atoms. The second-order valence-corrected chi connectivity index (χ2v) is 11.5. The summed E-state index contributed by atoms with van der Waals surface area (Å²) in [5.74, 6) is 0.0703. The van der Waals surface area contributed by atoms with E-state index < -0.39 is 0 Å². The average Bonchev–Trinajstić information content (AvgIpc) is 3.13. The molecule has 1 saturated heterocycles. The van der Waals surface area contributed by atoms with Crippen LogP contribution in [-0.4, -0.2) is 35.6 Å². The van der Waals surface area contributed by atoms with Crippen LogP contribution in [0.4, 0.5) is 5.69 Å². The monoisotopic (exact) mass is 696 g/mol. The van der Waals surface area contributed by atoms with Crippen LogP contribution in [0.2, 0.25) is 10.0 Å². The number of ether oxygens (including phenoxy) is 2. The van der Waals surface area contributed by atoms with Gasteiger partial charge in [0.2, 0.25) is 0 Å². The fourth-order valence-corrected chi connectivity index (χ4v) is 6.14. The Kier molecular flexibility index (Phi) is 9.59. The molecule has 6 nitrogen and oxygen atoms in total. The van der Waals surface area contributed by atoms with Gasteiger partial charge in [-0.25, -0.2) is 9.79 Å². The number of nitrogens with zero attached hydrogens (tertiary/aromatic N) is 2. The maximum absolute atomic E-state index is 12.9. The molecule has 0 saturated carbocycles. The number of hydrogen-bond acceptors (Lipinski definition) is 6. The summed E-state index contributed by atoms with van der Waals surface area (Å²) in [6.07, 6.45) is 1.80. The fourth-order valence-electron chi connectivity index (χ4n) is 3.39. The first-order valence-corrected chi connectivity index (χ1v) is 14.4. The van der Waals surface area contributed by atoms with Crippen LogP contribution in [0.25, 0.3) is 6.08 Å². The normalized spacial score (nSPS) is 15.4. The van der Waals surface area contributed by atoms with Crippen molar-refractivity contribution in [1.29, 1.82) is 0 Å². The number of esters is 1. The molecule has 3 aromatic rings. The third kappa shape index (κ3) is 6.82. The summed E-state index contributed by atoms with van der Waals surface area (Å²) in [5.41, 5.74) is 2.74. The number of thioether (sulfide) groups is 1. The van der Waals surface area contributed by atoms with Gasteiger partial charge in [-0.15, -0.1) is 0 Å². The van der Waals surface area contributed by atoms with Crippen LogP contribution in [0.15, 0.2) is 73.4 Å². The summed E-state index contributed by atoms with van der Waals surface area (Å²) >= 11 is 20.5. The Morgan fingerprint density at radius 3 is 2.37 bits per heavy atom. The lowest BCUT2D eigenvalue weighted by molar-refractivity contribution is -0.121. The van der Waals surface area contributed by atoms with Crippen molar-refractivity contribution in [2.45, 2.75) is 13.5 Å². The van der Waals surface area contributed by atoms with E-state index >= 15 is 0 Å². The molecule has 1 fully saturated rings. The van der Waals surface area contributed by atoms with Gasteiger partial charge in [-0.2, -0.15) is 0 Å². The van der Waals surface area contributed by atoms with E-state index in [4.69, 9.17) is 32.7 Å². The van der Waals surface area contributed by atoms with Crippen molar-refractivity contribution in [3.63, 3.8) is 0 Å². The third-order valence-corrected chi connectivity index (χ3v) is 8.27. The number of rotatable bonds is 7. The second-order valence-electron chi connectivity index (χ2n) is 7.99. The van der Waals surface area contributed by atoms with E-state index in [-0.39, 0.29) is 11.9 Å². The standard InChI is InChI=1S/C27H20Br2Cl2N2O4S/c1-3-36-26(35)17-5-7-18(8-6-17)32-27-33(2)25(34)23(38-27)13-16-10-19(28)24(20(29)11-16)37-14-15-4-9-21(30)22(31)12-15/h4-13H,3,14H2,1-2H3/b23-13-,32-27?. The average molecular weight is 699 g/mol. The van der Waals surface area contributed by atoms with Gasteiger partial charge in [0.25, 0.3) is 5.91 Å². The molecule has 0 aromatic heterocycles. The smallest absolute Gasteiger partial charge is 0.338 e. The lowest BCUT2D eigenvalue weighted by Crippen LogP contribution is -2.23. The predicted molar refractivity (Wildman–Crippen MR) is 160 cm³/mol. The highest BCUT2D eigenvalue weighted by Crippen LogP contribution is 2.38. The summed E-state index contributed by atoms with van der Waals surface area (Å²) in [5, 5.41) is 1.48. The van der Waals surface area contributed by atoms with E-state index in [9.17, 15) is 9.59 Å². The van der Waals surface area contributed by atoms with E-state index in [0.29, 0.717) is 50.3 Å². The van der Waals surface area contributed by atoms with E-state index in [1.807, 2.05) is 18.2 Å². The Morgan fingerprint density at radius 1 is 1.05 bits per heavy atom. The van der Waals surface area contributed by atoms with E-state index in [1.54, 1.807) is 56.4 Å². The highest BCUT2D eigenvalue weighted by atomic mass is 79.9. The first-order chi connectivity index (χ1) is 18.2. The minimum Gasteiger partial charge on any atom is -0.487 e. The van der Waals surface area contributed by atoms with Crippen molar-refractivity contribution in [1.82, 2.24) is 4.90 Å². The fraction of sp³-hybridized carbons (Fsp3) is 0.148. The van der Waals surface area contributed by atoms with E-state index in [2.05, 4.69) is 36.9 Å². The topological polar surface area (TPSA) is 68.2 Å². The van der Waals surface area contributed by atoms with Crippen molar-refractivity contribution in [2.24, 2.45) is 4.99 Å². The number of carbonyl (C=O) groups is 2. The van der Waals surface area contributed by atoms with Crippen LogP contribution < -0.4 is 4.74 Å². The van der Waals surface area contributed by atoms with E-state index in [1.165, 1.54) is 16.7 Å². The van der Waals surface area contributed by atoms with Gasteiger partial charge >= 0.3 is 5.97 Å². The molecule has 1 amide bonds. The number of likely N-dealkylation sites (N-methyl/N-ethyl adjacent to an activating group) is 1. The van der Waals surface area contributed by atoms with Crippen LogP contribution in [0.5, 0.6) is 5.75 Å². The first-order valence-electron chi connectivity index (χ1n) is 11.3. The van der Waals surface area contributed by atoms with Crippen LogP contribution in [0.3, 0.4) is 0 Å². The maximum Gasteiger partial charge on any atom is 0.338 e. The van der Waals surface area contributed by atoms with E-state index in [0.717, 1.165) is 20.1 Å². The molecule has 0 bridgehead atoms. The molecule has 1 aliphatic rings. The van der Waals surface area contributed by atoms with Crippen LogP contribution in [-0.2, 0) is 16.1 Å². The summed E-state index contributed by atoms with van der Waals surface area (Å²) in [7, 11) is 1.67. The summed E-state index contributed by atoms with van der Waals surface area (Å²) in [4.78, 5) is 31.4.